The van der Waals surface area contributed by atoms with E-state index in [1.165, 1.54) is 19.3 Å². The van der Waals surface area contributed by atoms with Gasteiger partial charge in [-0.25, -0.2) is 17.5 Å². The van der Waals surface area contributed by atoms with E-state index in [-0.39, 0.29) is 34.4 Å². The summed E-state index contributed by atoms with van der Waals surface area (Å²) in [5, 5.41) is 0.101. The van der Waals surface area contributed by atoms with Crippen molar-refractivity contribution in [1.82, 2.24) is 4.72 Å². The van der Waals surface area contributed by atoms with Gasteiger partial charge in [-0.3, -0.25) is 0 Å². The molecule has 1 N–H and O–H groups in total. The molecule has 138 valence electrons. The van der Waals surface area contributed by atoms with Gasteiger partial charge in [0, 0.05) is 19.2 Å². The summed E-state index contributed by atoms with van der Waals surface area (Å²) < 4.78 is 51.9. The van der Waals surface area contributed by atoms with Crippen LogP contribution in [0.2, 0.25) is 5.02 Å². The van der Waals surface area contributed by atoms with Crippen LogP contribution in [0.3, 0.4) is 0 Å². The zero-order valence-corrected chi connectivity index (χ0v) is 15.5. The number of methoxy groups -OCH3 is 1. The largest absolute Gasteiger partial charge is 0.486 e. The summed E-state index contributed by atoms with van der Waals surface area (Å²) in [5.41, 5.74) is 1.14. The van der Waals surface area contributed by atoms with Crippen LogP contribution < -0.4 is 9.46 Å². The lowest BCUT2D eigenvalue weighted by Gasteiger charge is -2.21. The Balaban J connectivity index is 1.79. The first kappa shape index (κ1) is 18.8. The summed E-state index contributed by atoms with van der Waals surface area (Å²) in [6, 6.07) is 11.6. The molecule has 2 aromatic rings. The van der Waals surface area contributed by atoms with E-state index in [2.05, 4.69) is 4.72 Å². The van der Waals surface area contributed by atoms with Gasteiger partial charge in [-0.2, -0.15) is 0 Å². The van der Waals surface area contributed by atoms with E-state index in [0.717, 1.165) is 11.6 Å². The summed E-state index contributed by atoms with van der Waals surface area (Å²) >= 11 is 5.92. The quantitative estimate of drug-likeness (QED) is 0.810. The molecule has 1 aliphatic rings. The number of benzene rings is 2. The van der Waals surface area contributed by atoms with Crippen molar-refractivity contribution in [1.29, 1.82) is 0 Å². The van der Waals surface area contributed by atoms with Gasteiger partial charge >= 0.3 is 0 Å². The lowest BCUT2D eigenvalue weighted by atomic mass is 10.1. The van der Waals surface area contributed by atoms with E-state index < -0.39 is 21.9 Å². The predicted molar refractivity (Wildman–Crippen MR) is 98.0 cm³/mol. The van der Waals surface area contributed by atoms with Crippen LogP contribution in [0.5, 0.6) is 5.75 Å². The second-order valence-corrected chi connectivity index (χ2v) is 7.92. The molecule has 2 aromatic carbocycles. The molecule has 0 fully saturated rings. The molecular weight excluding hydrogens is 381 g/mol. The van der Waals surface area contributed by atoms with E-state index >= 15 is 0 Å². The van der Waals surface area contributed by atoms with Crippen molar-refractivity contribution in [3.05, 3.63) is 69.3 Å². The summed E-state index contributed by atoms with van der Waals surface area (Å²) in [6.45, 7) is -0.131. The van der Waals surface area contributed by atoms with E-state index in [9.17, 15) is 12.8 Å². The van der Waals surface area contributed by atoms with E-state index in [1.807, 2.05) is 30.3 Å². The average Bonchev–Trinajstić information content (AvgIpc) is 2.62. The van der Waals surface area contributed by atoms with Crippen LogP contribution in [0.1, 0.15) is 17.2 Å². The predicted octanol–water partition coefficient (Wildman–Crippen LogP) is 3.52. The molecule has 8 heteroatoms. The number of sulfonamides is 1. The number of rotatable bonds is 6. The second kappa shape index (κ2) is 7.75. The standard InChI is InChI=1S/C18H17ClFNO4S/c1-24-17(12-5-3-2-4-6-12)10-21-26(22,23)15-8-13-7-14(20)9-16(19)18(13)25-11-15/h2-9,17,21H,10-11H2,1H3. The number of halogens is 2. The molecule has 0 bridgehead atoms. The highest BCUT2D eigenvalue weighted by molar-refractivity contribution is 7.93. The molecular formula is C18H17ClFNO4S. The maximum absolute atomic E-state index is 13.5. The Bertz CT molecular complexity index is 932. The second-order valence-electron chi connectivity index (χ2n) is 5.69. The number of ether oxygens (including phenoxy) is 2. The number of hydrogen-bond acceptors (Lipinski definition) is 4. The van der Waals surface area contributed by atoms with Crippen molar-refractivity contribution < 1.29 is 22.3 Å². The zero-order valence-electron chi connectivity index (χ0n) is 13.9. The summed E-state index contributed by atoms with van der Waals surface area (Å²) in [5.74, 6) is -0.296. The van der Waals surface area contributed by atoms with Crippen molar-refractivity contribution in [3.63, 3.8) is 0 Å². The van der Waals surface area contributed by atoms with Gasteiger partial charge in [0.1, 0.15) is 18.2 Å². The minimum Gasteiger partial charge on any atom is -0.486 e. The highest BCUT2D eigenvalue weighted by atomic mass is 35.5. The lowest BCUT2D eigenvalue weighted by molar-refractivity contribution is 0.107. The fourth-order valence-corrected chi connectivity index (χ4v) is 3.96. The SMILES string of the molecule is COC(CNS(=O)(=O)C1=Cc2cc(F)cc(Cl)c2OC1)c1ccccc1. The van der Waals surface area contributed by atoms with Gasteiger partial charge < -0.3 is 9.47 Å². The Kier molecular flexibility index (Phi) is 5.62. The first-order chi connectivity index (χ1) is 12.4. The molecule has 0 amide bonds. The van der Waals surface area contributed by atoms with Crippen LogP contribution >= 0.6 is 11.6 Å². The van der Waals surface area contributed by atoms with Crippen LogP contribution in [0.15, 0.2) is 47.4 Å². The van der Waals surface area contributed by atoms with Crippen molar-refractivity contribution in [3.8, 4) is 5.75 Å². The number of hydrogen-bond donors (Lipinski definition) is 1. The van der Waals surface area contributed by atoms with E-state index in [4.69, 9.17) is 21.1 Å². The molecule has 0 saturated heterocycles. The Morgan fingerprint density at radius 1 is 1.31 bits per heavy atom. The van der Waals surface area contributed by atoms with Crippen molar-refractivity contribution in [2.75, 3.05) is 20.3 Å². The zero-order chi connectivity index (χ0) is 18.7. The molecule has 1 aliphatic heterocycles. The fourth-order valence-electron chi connectivity index (χ4n) is 2.64. The van der Waals surface area contributed by atoms with Crippen molar-refractivity contribution in [2.45, 2.75) is 6.10 Å². The number of nitrogens with one attached hydrogen (secondary N) is 1. The van der Waals surface area contributed by atoms with Gasteiger partial charge in [-0.15, -0.1) is 0 Å². The first-order valence-electron chi connectivity index (χ1n) is 7.80. The minimum absolute atomic E-state index is 0.00502. The molecule has 1 unspecified atom stereocenters. The third-order valence-corrected chi connectivity index (χ3v) is 5.73. The van der Waals surface area contributed by atoms with Gasteiger partial charge in [0.2, 0.25) is 10.0 Å². The van der Waals surface area contributed by atoms with E-state index in [0.29, 0.717) is 0 Å². The van der Waals surface area contributed by atoms with Crippen LogP contribution in [0.4, 0.5) is 4.39 Å². The summed E-state index contributed by atoms with van der Waals surface area (Å²) in [4.78, 5) is -0.00502. The Labute approximate surface area is 156 Å². The molecule has 0 radical (unpaired) electrons. The third-order valence-electron chi connectivity index (χ3n) is 3.97. The van der Waals surface area contributed by atoms with Crippen LogP contribution in [-0.2, 0) is 14.8 Å². The van der Waals surface area contributed by atoms with Gasteiger partial charge in [0.05, 0.1) is 16.0 Å². The minimum atomic E-state index is -3.82. The highest BCUT2D eigenvalue weighted by Crippen LogP contribution is 2.35. The normalized spacial score (nSPS) is 15.0. The maximum Gasteiger partial charge on any atom is 0.240 e. The molecule has 0 saturated carbocycles. The molecule has 0 aliphatic carbocycles. The van der Waals surface area contributed by atoms with Crippen molar-refractivity contribution in [2.24, 2.45) is 0 Å². The molecule has 3 rings (SSSR count). The molecule has 1 atom stereocenters. The maximum atomic E-state index is 13.5. The Morgan fingerprint density at radius 3 is 2.73 bits per heavy atom. The average molecular weight is 398 g/mol. The summed E-state index contributed by atoms with van der Waals surface area (Å²) in [7, 11) is -2.31. The molecule has 1 heterocycles. The van der Waals surface area contributed by atoms with Gasteiger partial charge in [-0.1, -0.05) is 41.9 Å². The van der Waals surface area contributed by atoms with Crippen LogP contribution in [-0.4, -0.2) is 28.7 Å². The molecule has 5 nitrogen and oxygen atoms in total. The Morgan fingerprint density at radius 2 is 2.04 bits per heavy atom. The van der Waals surface area contributed by atoms with Gasteiger partial charge in [0.15, 0.2) is 0 Å². The number of fused-ring (bicyclic) bond motifs is 1. The first-order valence-corrected chi connectivity index (χ1v) is 9.66. The fraction of sp³-hybridized carbons (Fsp3) is 0.222. The topological polar surface area (TPSA) is 64.6 Å². The third kappa shape index (κ3) is 4.07. The molecule has 0 aromatic heterocycles. The highest BCUT2D eigenvalue weighted by Gasteiger charge is 2.25. The van der Waals surface area contributed by atoms with Crippen molar-refractivity contribution >= 4 is 27.7 Å². The monoisotopic (exact) mass is 397 g/mol. The summed E-state index contributed by atoms with van der Waals surface area (Å²) in [6.07, 6.45) is 0.927. The lowest BCUT2D eigenvalue weighted by Crippen LogP contribution is -2.32. The van der Waals surface area contributed by atoms with E-state index in [1.54, 1.807) is 0 Å². The Hall–Kier alpha value is -1.93. The van der Waals surface area contributed by atoms with Crippen LogP contribution in [0, 0.1) is 5.82 Å². The van der Waals surface area contributed by atoms with Gasteiger partial charge in [0.25, 0.3) is 0 Å². The van der Waals surface area contributed by atoms with Gasteiger partial charge in [-0.05, 0) is 23.8 Å². The molecule has 26 heavy (non-hydrogen) atoms. The smallest absolute Gasteiger partial charge is 0.240 e. The van der Waals surface area contributed by atoms with Crippen LogP contribution in [0.25, 0.3) is 6.08 Å². The molecule has 0 spiro atoms.